The van der Waals surface area contributed by atoms with Crippen molar-refractivity contribution in [3.05, 3.63) is 15.6 Å². The van der Waals surface area contributed by atoms with Crippen LogP contribution >= 0.6 is 11.3 Å². The molecule has 0 saturated carbocycles. The molecule has 0 spiro atoms. The van der Waals surface area contributed by atoms with E-state index in [9.17, 15) is 14.4 Å². The fourth-order valence-corrected chi connectivity index (χ4v) is 2.59. The van der Waals surface area contributed by atoms with Gasteiger partial charge in [-0.15, -0.1) is 11.3 Å². The topological polar surface area (TPSA) is 108 Å². The third kappa shape index (κ3) is 4.96. The Hall–Kier alpha value is -1.96. The molecule has 7 nitrogen and oxygen atoms in total. The molecule has 8 heteroatoms. The lowest BCUT2D eigenvalue weighted by atomic mass is 10.2. The minimum atomic E-state index is -1.08. The molecule has 0 aromatic carbocycles. The second kappa shape index (κ2) is 6.99. The number of imide groups is 1. The smallest absolute Gasteiger partial charge is 0.321 e. The van der Waals surface area contributed by atoms with Gasteiger partial charge in [-0.3, -0.25) is 14.9 Å². The molecule has 3 N–H and O–H groups in total. The number of carboxylic acids is 1. The third-order valence-electron chi connectivity index (χ3n) is 2.50. The number of aromatic nitrogens is 1. The van der Waals surface area contributed by atoms with Crippen molar-refractivity contribution in [1.82, 2.24) is 15.6 Å². The second-order valence-electron chi connectivity index (χ2n) is 4.32. The van der Waals surface area contributed by atoms with E-state index < -0.39 is 17.9 Å². The molecule has 1 heterocycles. The maximum atomic E-state index is 11.6. The van der Waals surface area contributed by atoms with E-state index in [-0.39, 0.29) is 18.9 Å². The predicted octanol–water partition coefficient (Wildman–Crippen LogP) is 1.51. The Morgan fingerprint density at radius 2 is 1.95 bits per heavy atom. The number of aryl methyl sites for hydroxylation is 2. The Morgan fingerprint density at radius 3 is 2.45 bits per heavy atom. The highest BCUT2D eigenvalue weighted by Crippen LogP contribution is 2.24. The first-order chi connectivity index (χ1) is 9.29. The summed E-state index contributed by atoms with van der Waals surface area (Å²) in [5, 5.41) is 14.1. The summed E-state index contributed by atoms with van der Waals surface area (Å²) in [5.74, 6) is -1.70. The van der Waals surface area contributed by atoms with Gasteiger partial charge >= 0.3 is 12.0 Å². The number of carboxylic acid groups (broad SMARTS) is 1. The van der Waals surface area contributed by atoms with Crippen LogP contribution in [0.2, 0.25) is 0 Å². The summed E-state index contributed by atoms with van der Waals surface area (Å²) in [5.41, 5.74) is 0.845. The van der Waals surface area contributed by atoms with Crippen LogP contribution in [0.25, 0.3) is 0 Å². The molecule has 0 fully saturated rings. The van der Waals surface area contributed by atoms with Gasteiger partial charge in [-0.05, 0) is 20.8 Å². The number of hydrogen-bond acceptors (Lipinski definition) is 5. The van der Waals surface area contributed by atoms with Crippen LogP contribution in [0.1, 0.15) is 41.4 Å². The maximum Gasteiger partial charge on any atom is 0.321 e. The molecular weight excluding hydrogens is 282 g/mol. The largest absolute Gasteiger partial charge is 0.481 e. The van der Waals surface area contributed by atoms with Crippen LogP contribution in [0, 0.1) is 13.8 Å². The van der Waals surface area contributed by atoms with Crippen molar-refractivity contribution in [3.63, 3.8) is 0 Å². The molecule has 1 aromatic heterocycles. The first-order valence-electron chi connectivity index (χ1n) is 6.05. The average molecular weight is 299 g/mol. The Labute approximate surface area is 120 Å². The fraction of sp³-hybridized carbons (Fsp3) is 0.500. The van der Waals surface area contributed by atoms with Gasteiger partial charge in [0.1, 0.15) is 0 Å². The van der Waals surface area contributed by atoms with Gasteiger partial charge in [0.15, 0.2) is 0 Å². The number of hydrogen-bond donors (Lipinski definition) is 3. The number of amides is 3. The molecule has 0 aliphatic rings. The molecule has 3 amide bonds. The molecule has 0 aliphatic carbocycles. The van der Waals surface area contributed by atoms with Gasteiger partial charge in [0, 0.05) is 11.3 Å². The summed E-state index contributed by atoms with van der Waals surface area (Å²) in [6.07, 6.45) is -0.530. The zero-order valence-electron chi connectivity index (χ0n) is 11.5. The van der Waals surface area contributed by atoms with E-state index in [1.807, 2.05) is 13.8 Å². The zero-order valence-corrected chi connectivity index (χ0v) is 12.3. The standard InChI is InChI=1S/C12H17N3O4S/c1-6-11(20-8(3)13-6)7(2)14-12(19)15-9(16)4-5-10(17)18/h7H,4-5H2,1-3H3,(H,17,18)(H2,14,15,16,19). The maximum absolute atomic E-state index is 11.6. The van der Waals surface area contributed by atoms with Crippen molar-refractivity contribution in [2.45, 2.75) is 39.7 Å². The Balaban J connectivity index is 2.48. The molecule has 110 valence electrons. The number of nitrogens with zero attached hydrogens (tertiary/aromatic N) is 1. The summed E-state index contributed by atoms with van der Waals surface area (Å²) < 4.78 is 0. The van der Waals surface area contributed by atoms with Crippen LogP contribution in [-0.4, -0.2) is 28.0 Å². The third-order valence-corrected chi connectivity index (χ3v) is 3.75. The lowest BCUT2D eigenvalue weighted by Gasteiger charge is -2.13. The Kier molecular flexibility index (Phi) is 5.63. The molecule has 1 unspecified atom stereocenters. The van der Waals surface area contributed by atoms with E-state index in [2.05, 4.69) is 15.6 Å². The zero-order chi connectivity index (χ0) is 15.3. The lowest BCUT2D eigenvalue weighted by Crippen LogP contribution is -2.40. The summed E-state index contributed by atoms with van der Waals surface area (Å²) in [6, 6.07) is -0.910. The van der Waals surface area contributed by atoms with Gasteiger partial charge in [0.25, 0.3) is 0 Å². The van der Waals surface area contributed by atoms with Crippen LogP contribution in [-0.2, 0) is 9.59 Å². The van der Waals surface area contributed by atoms with Gasteiger partial charge < -0.3 is 10.4 Å². The van der Waals surface area contributed by atoms with E-state index in [1.54, 1.807) is 6.92 Å². The summed E-state index contributed by atoms with van der Waals surface area (Å²) in [6.45, 7) is 5.53. The number of carbonyl (C=O) groups excluding carboxylic acids is 2. The number of carbonyl (C=O) groups is 3. The monoisotopic (exact) mass is 299 g/mol. The quantitative estimate of drug-likeness (QED) is 0.763. The molecule has 1 rings (SSSR count). The van der Waals surface area contributed by atoms with E-state index in [0.717, 1.165) is 15.6 Å². The second-order valence-corrected chi connectivity index (χ2v) is 5.55. The Bertz CT molecular complexity index is 527. The molecule has 0 bridgehead atoms. The van der Waals surface area contributed by atoms with Crippen molar-refractivity contribution in [2.75, 3.05) is 0 Å². The normalized spacial score (nSPS) is 11.8. The molecule has 0 aliphatic heterocycles. The lowest BCUT2D eigenvalue weighted by molar-refractivity contribution is -0.138. The molecular formula is C12H17N3O4S. The molecule has 1 aromatic rings. The number of thiazole rings is 1. The van der Waals surface area contributed by atoms with Crippen molar-refractivity contribution in [2.24, 2.45) is 0 Å². The van der Waals surface area contributed by atoms with Gasteiger partial charge in [0.05, 0.1) is 23.2 Å². The molecule has 1 atom stereocenters. The SMILES string of the molecule is Cc1nc(C)c(C(C)NC(=O)NC(=O)CCC(=O)O)s1. The van der Waals surface area contributed by atoms with Crippen molar-refractivity contribution >= 4 is 29.2 Å². The van der Waals surface area contributed by atoms with E-state index in [1.165, 1.54) is 11.3 Å². The first kappa shape index (κ1) is 16.1. The highest BCUT2D eigenvalue weighted by molar-refractivity contribution is 7.11. The van der Waals surface area contributed by atoms with E-state index in [0.29, 0.717) is 0 Å². The molecule has 0 saturated heterocycles. The van der Waals surface area contributed by atoms with Gasteiger partial charge in [-0.25, -0.2) is 9.78 Å². The van der Waals surface area contributed by atoms with Crippen molar-refractivity contribution in [1.29, 1.82) is 0 Å². The van der Waals surface area contributed by atoms with E-state index >= 15 is 0 Å². The van der Waals surface area contributed by atoms with E-state index in [4.69, 9.17) is 5.11 Å². The minimum absolute atomic E-state index is 0.226. The van der Waals surface area contributed by atoms with Gasteiger partial charge in [0.2, 0.25) is 5.91 Å². The Morgan fingerprint density at radius 1 is 1.30 bits per heavy atom. The number of aliphatic carboxylic acids is 1. The first-order valence-corrected chi connectivity index (χ1v) is 6.87. The number of rotatable bonds is 5. The van der Waals surface area contributed by atoms with Crippen LogP contribution in [0.15, 0.2) is 0 Å². The van der Waals surface area contributed by atoms with Crippen LogP contribution in [0.5, 0.6) is 0 Å². The van der Waals surface area contributed by atoms with Crippen LogP contribution < -0.4 is 10.6 Å². The fourth-order valence-electron chi connectivity index (χ4n) is 1.66. The van der Waals surface area contributed by atoms with Gasteiger partial charge in [-0.1, -0.05) is 0 Å². The predicted molar refractivity (Wildman–Crippen MR) is 73.5 cm³/mol. The highest BCUT2D eigenvalue weighted by Gasteiger charge is 2.16. The van der Waals surface area contributed by atoms with Crippen LogP contribution in [0.4, 0.5) is 4.79 Å². The average Bonchev–Trinajstić information content (AvgIpc) is 2.65. The van der Waals surface area contributed by atoms with Gasteiger partial charge in [-0.2, -0.15) is 0 Å². The number of nitrogens with one attached hydrogen (secondary N) is 2. The summed E-state index contributed by atoms with van der Waals surface area (Å²) in [4.78, 5) is 38.4. The van der Waals surface area contributed by atoms with Crippen LogP contribution in [0.3, 0.4) is 0 Å². The number of urea groups is 1. The summed E-state index contributed by atoms with van der Waals surface area (Å²) >= 11 is 1.48. The molecule has 0 radical (unpaired) electrons. The van der Waals surface area contributed by atoms with Crippen molar-refractivity contribution < 1.29 is 19.5 Å². The van der Waals surface area contributed by atoms with Crippen molar-refractivity contribution in [3.8, 4) is 0 Å². The minimum Gasteiger partial charge on any atom is -0.481 e. The highest BCUT2D eigenvalue weighted by atomic mass is 32.1. The summed E-state index contributed by atoms with van der Waals surface area (Å²) in [7, 11) is 0. The molecule has 20 heavy (non-hydrogen) atoms.